The molecule has 3 unspecified atom stereocenters. The lowest BCUT2D eigenvalue weighted by atomic mass is 9.44. The van der Waals surface area contributed by atoms with Gasteiger partial charge in [0.05, 0.1) is 13.0 Å². The first-order valence-electron chi connectivity index (χ1n) is 11.8. The third-order valence-electron chi connectivity index (χ3n) is 9.62. The van der Waals surface area contributed by atoms with E-state index in [2.05, 4.69) is 33.5 Å². The van der Waals surface area contributed by atoms with Gasteiger partial charge in [-0.1, -0.05) is 13.8 Å². The summed E-state index contributed by atoms with van der Waals surface area (Å²) in [6.07, 6.45) is 12.0. The molecule has 28 heavy (non-hydrogen) atoms. The quantitative estimate of drug-likeness (QED) is 0.423. The SMILES string of the molecule is COC(=O)[C@H]1CCC2C3CC[C@@H]4C[C@H](O[Si](C)(C)C)CC[C@]4(C)C3CC[C@@]21C. The van der Waals surface area contributed by atoms with Crippen molar-refractivity contribution in [3.05, 3.63) is 0 Å². The molecule has 0 saturated heterocycles. The van der Waals surface area contributed by atoms with E-state index in [1.165, 1.54) is 51.4 Å². The molecule has 0 aromatic rings. The molecule has 4 fully saturated rings. The number of methoxy groups -OCH3 is 1. The first-order chi connectivity index (χ1) is 13.1. The molecule has 4 aliphatic carbocycles. The summed E-state index contributed by atoms with van der Waals surface area (Å²) in [5.74, 6) is 3.43. The van der Waals surface area contributed by atoms with E-state index in [1.54, 1.807) is 7.11 Å². The molecule has 4 saturated carbocycles. The molecule has 0 heterocycles. The summed E-state index contributed by atoms with van der Waals surface area (Å²) in [5, 5.41) is 0. The number of carbonyl (C=O) groups is 1. The van der Waals surface area contributed by atoms with E-state index in [0.29, 0.717) is 11.5 Å². The average molecular weight is 407 g/mol. The van der Waals surface area contributed by atoms with Crippen molar-refractivity contribution in [2.24, 2.45) is 40.4 Å². The highest BCUT2D eigenvalue weighted by Gasteiger charge is 2.61. The highest BCUT2D eigenvalue weighted by molar-refractivity contribution is 6.69. The smallest absolute Gasteiger partial charge is 0.309 e. The maximum atomic E-state index is 12.4. The Bertz CT molecular complexity index is 613. The highest BCUT2D eigenvalue weighted by atomic mass is 28.4. The highest BCUT2D eigenvalue weighted by Crippen LogP contribution is 2.67. The summed E-state index contributed by atoms with van der Waals surface area (Å²) in [6, 6.07) is 0. The summed E-state index contributed by atoms with van der Waals surface area (Å²) in [7, 11) is 0.114. The van der Waals surface area contributed by atoms with Crippen LogP contribution >= 0.6 is 0 Å². The summed E-state index contributed by atoms with van der Waals surface area (Å²) in [6.45, 7) is 12.0. The first-order valence-corrected chi connectivity index (χ1v) is 15.2. The molecule has 8 atom stereocenters. The molecule has 0 radical (unpaired) electrons. The van der Waals surface area contributed by atoms with Crippen LogP contribution < -0.4 is 0 Å². The van der Waals surface area contributed by atoms with Crippen LogP contribution in [0.1, 0.15) is 71.6 Å². The molecule has 0 spiro atoms. The van der Waals surface area contributed by atoms with Gasteiger partial charge in [0.15, 0.2) is 8.32 Å². The molecule has 4 aliphatic rings. The fourth-order valence-corrected chi connectivity index (χ4v) is 9.57. The number of hydrogen-bond donors (Lipinski definition) is 0. The molecular weight excluding hydrogens is 364 g/mol. The molecule has 0 aromatic carbocycles. The van der Waals surface area contributed by atoms with E-state index in [9.17, 15) is 4.79 Å². The predicted octanol–water partition coefficient (Wildman–Crippen LogP) is 6.04. The number of esters is 1. The number of carbonyl (C=O) groups excluding carboxylic acids is 1. The van der Waals surface area contributed by atoms with Crippen molar-refractivity contribution in [1.82, 2.24) is 0 Å². The van der Waals surface area contributed by atoms with E-state index in [4.69, 9.17) is 9.16 Å². The lowest BCUT2D eigenvalue weighted by Crippen LogP contribution is -2.55. The van der Waals surface area contributed by atoms with Gasteiger partial charge in [0.2, 0.25) is 0 Å². The Morgan fingerprint density at radius 1 is 0.893 bits per heavy atom. The number of ether oxygens (including phenoxy) is 1. The second-order valence-corrected chi connectivity index (χ2v) is 16.4. The molecule has 4 heteroatoms. The summed E-state index contributed by atoms with van der Waals surface area (Å²) < 4.78 is 11.7. The predicted molar refractivity (Wildman–Crippen MR) is 115 cm³/mol. The molecule has 0 aromatic heterocycles. The van der Waals surface area contributed by atoms with E-state index in [1.807, 2.05) is 0 Å². The van der Waals surface area contributed by atoms with Crippen LogP contribution in [0.25, 0.3) is 0 Å². The summed E-state index contributed by atoms with van der Waals surface area (Å²) in [4.78, 5) is 12.4. The van der Waals surface area contributed by atoms with Gasteiger partial charge in [-0.25, -0.2) is 0 Å². The Labute approximate surface area is 173 Å². The van der Waals surface area contributed by atoms with Gasteiger partial charge < -0.3 is 9.16 Å². The minimum Gasteiger partial charge on any atom is -0.469 e. The second kappa shape index (κ2) is 7.11. The third kappa shape index (κ3) is 3.31. The lowest BCUT2D eigenvalue weighted by Gasteiger charge is -2.61. The molecule has 0 bridgehead atoms. The van der Waals surface area contributed by atoms with Crippen LogP contribution in [0.15, 0.2) is 0 Å². The van der Waals surface area contributed by atoms with Crippen molar-refractivity contribution in [1.29, 1.82) is 0 Å². The Balaban J connectivity index is 1.51. The first kappa shape index (κ1) is 20.9. The van der Waals surface area contributed by atoms with Crippen LogP contribution in [0.5, 0.6) is 0 Å². The third-order valence-corrected chi connectivity index (χ3v) is 10.7. The Hall–Kier alpha value is -0.353. The topological polar surface area (TPSA) is 35.5 Å². The molecule has 0 N–H and O–H groups in total. The van der Waals surface area contributed by atoms with E-state index in [0.717, 1.165) is 30.1 Å². The molecule has 0 amide bonds. The molecule has 0 aliphatic heterocycles. The zero-order valence-corrected chi connectivity index (χ0v) is 20.1. The maximum Gasteiger partial charge on any atom is 0.309 e. The molecule has 4 rings (SSSR count). The van der Waals surface area contributed by atoms with Crippen LogP contribution in [0.3, 0.4) is 0 Å². The van der Waals surface area contributed by atoms with Gasteiger partial charge in [0.25, 0.3) is 0 Å². The maximum absolute atomic E-state index is 12.4. The summed E-state index contributed by atoms with van der Waals surface area (Å²) in [5.41, 5.74) is 0.669. The van der Waals surface area contributed by atoms with Crippen molar-refractivity contribution in [3.63, 3.8) is 0 Å². The standard InChI is InChI=1S/C24H42O3Si/c1-23-13-11-17(27-28(4,5)6)15-16(23)7-8-18-19-9-10-21(22(25)26-3)24(19,2)14-12-20(18)23/h16-21H,7-15H2,1-6H3/t16-,17-,18?,19?,20?,21-,23+,24+/m1/s1. The van der Waals surface area contributed by atoms with Crippen molar-refractivity contribution in [2.75, 3.05) is 7.11 Å². The molecule has 3 nitrogen and oxygen atoms in total. The summed E-state index contributed by atoms with van der Waals surface area (Å²) >= 11 is 0. The Morgan fingerprint density at radius 3 is 2.25 bits per heavy atom. The van der Waals surface area contributed by atoms with Gasteiger partial charge in [0.1, 0.15) is 0 Å². The average Bonchev–Trinajstić information content (AvgIpc) is 2.97. The van der Waals surface area contributed by atoms with E-state index >= 15 is 0 Å². The Kier molecular flexibility index (Phi) is 5.31. The normalized spacial score (nSPS) is 48.4. The van der Waals surface area contributed by atoms with Crippen molar-refractivity contribution < 1.29 is 14.0 Å². The van der Waals surface area contributed by atoms with Gasteiger partial charge in [-0.15, -0.1) is 0 Å². The van der Waals surface area contributed by atoms with Crippen LogP contribution in [-0.4, -0.2) is 27.5 Å². The van der Waals surface area contributed by atoms with Gasteiger partial charge >= 0.3 is 5.97 Å². The zero-order valence-electron chi connectivity index (χ0n) is 19.1. The van der Waals surface area contributed by atoms with Crippen molar-refractivity contribution >= 4 is 14.3 Å². The number of rotatable bonds is 3. The van der Waals surface area contributed by atoms with Gasteiger partial charge in [-0.2, -0.15) is 0 Å². The lowest BCUT2D eigenvalue weighted by molar-refractivity contribution is -0.157. The largest absolute Gasteiger partial charge is 0.469 e. The van der Waals surface area contributed by atoms with Crippen LogP contribution in [-0.2, 0) is 14.0 Å². The van der Waals surface area contributed by atoms with Gasteiger partial charge in [-0.05, 0) is 112 Å². The Morgan fingerprint density at radius 2 is 1.57 bits per heavy atom. The number of fused-ring (bicyclic) bond motifs is 5. The van der Waals surface area contributed by atoms with Crippen LogP contribution in [0, 0.1) is 40.4 Å². The minimum atomic E-state index is -1.45. The van der Waals surface area contributed by atoms with Crippen LogP contribution in [0.2, 0.25) is 19.6 Å². The van der Waals surface area contributed by atoms with Gasteiger partial charge in [-0.3, -0.25) is 4.79 Å². The minimum absolute atomic E-state index is 0.0485. The van der Waals surface area contributed by atoms with Gasteiger partial charge in [0, 0.05) is 6.10 Å². The molecular formula is C24H42O3Si. The molecule has 160 valence electrons. The fourth-order valence-electron chi connectivity index (χ4n) is 8.36. The van der Waals surface area contributed by atoms with E-state index in [-0.39, 0.29) is 17.3 Å². The number of hydrogen-bond acceptors (Lipinski definition) is 3. The second-order valence-electron chi connectivity index (χ2n) is 12.0. The van der Waals surface area contributed by atoms with E-state index < -0.39 is 8.32 Å². The fraction of sp³-hybridized carbons (Fsp3) is 0.958. The van der Waals surface area contributed by atoms with Crippen molar-refractivity contribution in [3.8, 4) is 0 Å². The van der Waals surface area contributed by atoms with Crippen LogP contribution in [0.4, 0.5) is 0 Å². The van der Waals surface area contributed by atoms with Crippen molar-refractivity contribution in [2.45, 2.75) is 97.4 Å². The zero-order chi connectivity index (χ0) is 20.3. The monoisotopic (exact) mass is 406 g/mol.